The van der Waals surface area contributed by atoms with Gasteiger partial charge in [-0.25, -0.2) is 12.8 Å². The van der Waals surface area contributed by atoms with E-state index < -0.39 is 21.6 Å². The number of hydrogen-bond donors (Lipinski definition) is 1. The lowest BCUT2D eigenvalue weighted by Crippen LogP contribution is -2.04. The predicted molar refractivity (Wildman–Crippen MR) is 87.0 cm³/mol. The summed E-state index contributed by atoms with van der Waals surface area (Å²) in [6.45, 7) is 1.46. The molecule has 0 bridgehead atoms. The molecule has 2 aromatic rings. The molecule has 0 radical (unpaired) electrons. The number of carboxylic acids is 1. The largest absolute Gasteiger partial charge is 0.481 e. The predicted octanol–water partition coefficient (Wildman–Crippen LogP) is 3.69. The summed E-state index contributed by atoms with van der Waals surface area (Å²) in [7, 11) is -3.53. The Labute approximate surface area is 143 Å². The highest BCUT2D eigenvalue weighted by Crippen LogP contribution is 2.32. The fourth-order valence-electron chi connectivity index (χ4n) is 1.95. The Morgan fingerprint density at radius 2 is 1.92 bits per heavy atom. The molecule has 128 valence electrons. The van der Waals surface area contributed by atoms with E-state index >= 15 is 0 Å². The summed E-state index contributed by atoms with van der Waals surface area (Å²) < 4.78 is 43.0. The second-order valence-electron chi connectivity index (χ2n) is 4.93. The number of sulfone groups is 1. The smallest absolute Gasteiger partial charge is 0.307 e. The van der Waals surface area contributed by atoms with Crippen LogP contribution in [0.4, 0.5) is 4.39 Å². The van der Waals surface area contributed by atoms with Crippen LogP contribution in [0.2, 0.25) is 5.02 Å². The highest BCUT2D eigenvalue weighted by molar-refractivity contribution is 7.91. The van der Waals surface area contributed by atoms with Gasteiger partial charge in [0.2, 0.25) is 0 Å². The molecular formula is C16H14ClFO5S. The zero-order valence-corrected chi connectivity index (χ0v) is 14.2. The highest BCUT2D eigenvalue weighted by atomic mass is 35.5. The molecule has 0 atom stereocenters. The summed E-state index contributed by atoms with van der Waals surface area (Å²) in [5.74, 6) is -2.15. The lowest BCUT2D eigenvalue weighted by atomic mass is 10.1. The second-order valence-corrected chi connectivity index (χ2v) is 7.62. The molecule has 0 aliphatic rings. The van der Waals surface area contributed by atoms with E-state index in [9.17, 15) is 17.6 Å². The molecule has 0 saturated heterocycles. The molecule has 0 aliphatic carbocycles. The van der Waals surface area contributed by atoms with E-state index in [1.165, 1.54) is 37.3 Å². The van der Waals surface area contributed by atoms with Gasteiger partial charge in [0.25, 0.3) is 0 Å². The average molecular weight is 373 g/mol. The summed E-state index contributed by atoms with van der Waals surface area (Å²) in [5.41, 5.74) is 0.437. The van der Waals surface area contributed by atoms with Gasteiger partial charge >= 0.3 is 5.97 Å². The molecule has 8 heteroatoms. The third-order valence-corrected chi connectivity index (χ3v) is 5.26. The molecule has 0 spiro atoms. The van der Waals surface area contributed by atoms with Crippen molar-refractivity contribution in [1.29, 1.82) is 0 Å². The number of hydrogen-bond acceptors (Lipinski definition) is 4. The minimum Gasteiger partial charge on any atom is -0.481 e. The monoisotopic (exact) mass is 372 g/mol. The first kappa shape index (κ1) is 18.2. The van der Waals surface area contributed by atoms with Crippen LogP contribution in [-0.4, -0.2) is 25.2 Å². The van der Waals surface area contributed by atoms with Crippen LogP contribution in [0.15, 0.2) is 41.3 Å². The van der Waals surface area contributed by atoms with Crippen molar-refractivity contribution in [2.75, 3.05) is 5.75 Å². The molecule has 1 N–H and O–H groups in total. The van der Waals surface area contributed by atoms with Gasteiger partial charge < -0.3 is 9.84 Å². The summed E-state index contributed by atoms with van der Waals surface area (Å²) in [6, 6.07) is 7.68. The maximum atomic E-state index is 14.1. The fourth-order valence-corrected chi connectivity index (χ4v) is 3.00. The number of ether oxygens (including phenoxy) is 1. The van der Waals surface area contributed by atoms with Crippen molar-refractivity contribution in [3.05, 3.63) is 52.8 Å². The van der Waals surface area contributed by atoms with Crippen LogP contribution < -0.4 is 4.74 Å². The molecule has 2 aromatic carbocycles. The Morgan fingerprint density at radius 1 is 1.21 bits per heavy atom. The van der Waals surface area contributed by atoms with Gasteiger partial charge in [0.15, 0.2) is 21.4 Å². The Morgan fingerprint density at radius 3 is 2.50 bits per heavy atom. The molecule has 0 fully saturated rings. The number of carbonyl (C=O) groups is 1. The molecule has 5 nitrogen and oxygen atoms in total. The van der Waals surface area contributed by atoms with Crippen LogP contribution in [0.5, 0.6) is 11.5 Å². The summed E-state index contributed by atoms with van der Waals surface area (Å²) >= 11 is 5.97. The Hall–Kier alpha value is -2.12. The van der Waals surface area contributed by atoms with Crippen LogP contribution in [0, 0.1) is 5.82 Å². The normalized spacial score (nSPS) is 11.3. The highest BCUT2D eigenvalue weighted by Gasteiger charge is 2.16. The number of carboxylic acid groups (broad SMARTS) is 1. The van der Waals surface area contributed by atoms with Gasteiger partial charge in [-0.05, 0) is 35.9 Å². The summed E-state index contributed by atoms with van der Waals surface area (Å²) in [5, 5.41) is 8.98. The summed E-state index contributed by atoms with van der Waals surface area (Å²) in [6.07, 6.45) is -0.232. The molecule has 0 aliphatic heterocycles. The van der Waals surface area contributed by atoms with E-state index in [2.05, 4.69) is 0 Å². The van der Waals surface area contributed by atoms with E-state index in [1.54, 1.807) is 0 Å². The zero-order valence-electron chi connectivity index (χ0n) is 12.6. The SMILES string of the molecule is CCS(=O)(=O)c1ccc(Oc2cc(CC(=O)O)ccc2Cl)c(F)c1. The number of benzene rings is 2. The van der Waals surface area contributed by atoms with Gasteiger partial charge in [-0.1, -0.05) is 24.6 Å². The van der Waals surface area contributed by atoms with Crippen molar-refractivity contribution in [3.8, 4) is 11.5 Å². The van der Waals surface area contributed by atoms with Crippen LogP contribution in [0.3, 0.4) is 0 Å². The molecule has 24 heavy (non-hydrogen) atoms. The van der Waals surface area contributed by atoms with E-state index in [4.69, 9.17) is 21.4 Å². The molecule has 0 aromatic heterocycles. The van der Waals surface area contributed by atoms with Crippen molar-refractivity contribution < 1.29 is 27.4 Å². The van der Waals surface area contributed by atoms with Crippen molar-refractivity contribution in [2.45, 2.75) is 18.2 Å². The van der Waals surface area contributed by atoms with Crippen LogP contribution in [-0.2, 0) is 21.1 Å². The lowest BCUT2D eigenvalue weighted by molar-refractivity contribution is -0.136. The number of aliphatic carboxylic acids is 1. The van der Waals surface area contributed by atoms with Crippen LogP contribution in [0.25, 0.3) is 0 Å². The average Bonchev–Trinajstić information content (AvgIpc) is 2.51. The Balaban J connectivity index is 2.33. The third kappa shape index (κ3) is 4.24. The molecule has 0 heterocycles. The minimum absolute atomic E-state index is 0.0837. The second kappa shape index (κ2) is 7.19. The van der Waals surface area contributed by atoms with Gasteiger partial charge in [0, 0.05) is 0 Å². The number of halogens is 2. The standard InChI is InChI=1S/C16H14ClFO5S/c1-2-24(21,22)11-4-6-14(13(18)9-11)23-15-7-10(8-16(19)20)3-5-12(15)17/h3-7,9H,2,8H2,1H3,(H,19,20). The van der Waals surface area contributed by atoms with Crippen molar-refractivity contribution >= 4 is 27.4 Å². The first-order valence-electron chi connectivity index (χ1n) is 6.93. The van der Waals surface area contributed by atoms with Gasteiger partial charge in [-0.15, -0.1) is 0 Å². The van der Waals surface area contributed by atoms with Crippen molar-refractivity contribution in [3.63, 3.8) is 0 Å². The van der Waals surface area contributed by atoms with Gasteiger partial charge in [-0.3, -0.25) is 4.79 Å². The molecule has 0 unspecified atom stereocenters. The van der Waals surface area contributed by atoms with E-state index in [0.29, 0.717) is 5.56 Å². The first-order chi connectivity index (χ1) is 11.2. The van der Waals surface area contributed by atoms with E-state index in [-0.39, 0.29) is 33.6 Å². The lowest BCUT2D eigenvalue weighted by Gasteiger charge is -2.11. The maximum Gasteiger partial charge on any atom is 0.307 e. The Kier molecular flexibility index (Phi) is 5.46. The maximum absolute atomic E-state index is 14.1. The number of rotatable bonds is 6. The van der Waals surface area contributed by atoms with Crippen LogP contribution >= 0.6 is 11.6 Å². The topological polar surface area (TPSA) is 80.7 Å². The quantitative estimate of drug-likeness (QED) is 0.836. The van der Waals surface area contributed by atoms with Gasteiger partial charge in [0.1, 0.15) is 5.75 Å². The van der Waals surface area contributed by atoms with Crippen molar-refractivity contribution in [2.24, 2.45) is 0 Å². The molecule has 2 rings (SSSR count). The fraction of sp³-hybridized carbons (Fsp3) is 0.188. The molecular weight excluding hydrogens is 359 g/mol. The third-order valence-electron chi connectivity index (χ3n) is 3.21. The van der Waals surface area contributed by atoms with E-state index in [1.807, 2.05) is 0 Å². The molecule has 0 amide bonds. The van der Waals surface area contributed by atoms with Crippen LogP contribution in [0.1, 0.15) is 12.5 Å². The zero-order chi connectivity index (χ0) is 17.9. The molecule has 0 saturated carbocycles. The summed E-state index contributed by atoms with van der Waals surface area (Å²) in [4.78, 5) is 10.6. The van der Waals surface area contributed by atoms with E-state index in [0.717, 1.165) is 6.07 Å². The first-order valence-corrected chi connectivity index (χ1v) is 8.96. The Bertz CT molecular complexity index is 880. The van der Waals surface area contributed by atoms with Gasteiger partial charge in [0.05, 0.1) is 22.1 Å². The van der Waals surface area contributed by atoms with Crippen molar-refractivity contribution in [1.82, 2.24) is 0 Å². The van der Waals surface area contributed by atoms with Gasteiger partial charge in [-0.2, -0.15) is 0 Å². The minimum atomic E-state index is -3.53.